The van der Waals surface area contributed by atoms with Crippen molar-refractivity contribution in [2.24, 2.45) is 0 Å². The molecule has 0 bridgehead atoms. The number of carboxylic acids is 1. The first-order valence-electron chi connectivity index (χ1n) is 6.28. The van der Waals surface area contributed by atoms with Crippen LogP contribution in [0.4, 0.5) is 11.4 Å². The summed E-state index contributed by atoms with van der Waals surface area (Å²) < 4.78 is 0. The van der Waals surface area contributed by atoms with Gasteiger partial charge in [0.1, 0.15) is 11.2 Å². The molecule has 0 heterocycles. The van der Waals surface area contributed by atoms with E-state index in [4.69, 9.17) is 5.11 Å². The minimum absolute atomic E-state index is 0.107. The summed E-state index contributed by atoms with van der Waals surface area (Å²) >= 11 is 0. The zero-order chi connectivity index (χ0) is 15.8. The van der Waals surface area contributed by atoms with Gasteiger partial charge in [-0.05, 0) is 25.0 Å². The molecule has 1 amide bonds. The second-order valence-electron chi connectivity index (χ2n) is 5.20. The van der Waals surface area contributed by atoms with Gasteiger partial charge in [-0.3, -0.25) is 14.9 Å². The molecule has 0 aliphatic heterocycles. The van der Waals surface area contributed by atoms with Crippen LogP contribution in [-0.2, 0) is 4.79 Å². The summed E-state index contributed by atoms with van der Waals surface area (Å²) in [5.74, 6) is -1.39. The average molecular weight is 293 g/mol. The van der Waals surface area contributed by atoms with Gasteiger partial charge in [0.15, 0.2) is 0 Å². The molecule has 1 aromatic carbocycles. The molecule has 0 aromatic heterocycles. The maximum atomic E-state index is 11.8. The number of benzene rings is 1. The summed E-state index contributed by atoms with van der Waals surface area (Å²) in [5, 5.41) is 23.0. The summed E-state index contributed by atoms with van der Waals surface area (Å²) in [6.07, 6.45) is 0.829. The normalized spacial score (nSPS) is 15.1. The van der Waals surface area contributed by atoms with Crippen molar-refractivity contribution in [1.29, 1.82) is 0 Å². The number of nitrogens with one attached hydrogen (secondary N) is 1. The Morgan fingerprint density at radius 1 is 1.38 bits per heavy atom. The van der Waals surface area contributed by atoms with Crippen LogP contribution >= 0.6 is 0 Å². The Morgan fingerprint density at radius 3 is 2.43 bits per heavy atom. The molecular formula is C13H15N3O5. The lowest BCUT2D eigenvalue weighted by Crippen LogP contribution is -2.31. The van der Waals surface area contributed by atoms with Gasteiger partial charge in [0.05, 0.1) is 4.92 Å². The van der Waals surface area contributed by atoms with Gasteiger partial charge in [0.2, 0.25) is 0 Å². The predicted octanol–water partition coefficient (Wildman–Crippen LogP) is 1.33. The van der Waals surface area contributed by atoms with Gasteiger partial charge < -0.3 is 15.3 Å². The quantitative estimate of drug-likeness (QED) is 0.625. The van der Waals surface area contributed by atoms with E-state index in [1.54, 1.807) is 14.1 Å². The molecule has 1 aromatic rings. The summed E-state index contributed by atoms with van der Waals surface area (Å²) in [6.45, 7) is 0. The average Bonchev–Trinajstić information content (AvgIpc) is 3.19. The van der Waals surface area contributed by atoms with Crippen molar-refractivity contribution >= 4 is 23.3 Å². The second-order valence-corrected chi connectivity index (χ2v) is 5.20. The van der Waals surface area contributed by atoms with Crippen LogP contribution in [0.1, 0.15) is 23.2 Å². The minimum atomic E-state index is -1.13. The third-order valence-corrected chi connectivity index (χ3v) is 3.38. The highest BCUT2D eigenvalue weighted by Crippen LogP contribution is 2.41. The predicted molar refractivity (Wildman–Crippen MR) is 74.3 cm³/mol. The summed E-state index contributed by atoms with van der Waals surface area (Å²) in [6, 6.07) is 3.97. The van der Waals surface area contributed by atoms with Gasteiger partial charge in [-0.2, -0.15) is 0 Å². The van der Waals surface area contributed by atoms with E-state index in [0.717, 1.165) is 6.07 Å². The number of aliphatic carboxylic acids is 1. The number of hydrogen-bond donors (Lipinski definition) is 2. The van der Waals surface area contributed by atoms with Gasteiger partial charge in [0, 0.05) is 25.7 Å². The number of hydrogen-bond acceptors (Lipinski definition) is 5. The summed E-state index contributed by atoms with van der Waals surface area (Å²) in [4.78, 5) is 34.8. The molecule has 0 atom stereocenters. The number of anilines is 1. The fraction of sp³-hybridized carbons (Fsp3) is 0.385. The molecule has 8 heteroatoms. The third-order valence-electron chi connectivity index (χ3n) is 3.38. The summed E-state index contributed by atoms with van der Waals surface area (Å²) in [5.41, 5.74) is -1.15. The number of carboxylic acid groups (broad SMARTS) is 1. The zero-order valence-electron chi connectivity index (χ0n) is 11.6. The molecule has 1 aliphatic rings. The lowest BCUT2D eigenvalue weighted by Gasteiger charge is -2.15. The van der Waals surface area contributed by atoms with E-state index in [9.17, 15) is 19.7 Å². The molecular weight excluding hydrogens is 278 g/mol. The number of rotatable bonds is 5. The number of nitrogens with zero attached hydrogens (tertiary/aromatic N) is 2. The largest absolute Gasteiger partial charge is 0.480 e. The molecule has 112 valence electrons. The Morgan fingerprint density at radius 2 is 2.00 bits per heavy atom. The van der Waals surface area contributed by atoms with Gasteiger partial charge in [0.25, 0.3) is 11.6 Å². The molecule has 1 saturated carbocycles. The van der Waals surface area contributed by atoms with Crippen LogP contribution in [0.5, 0.6) is 0 Å². The van der Waals surface area contributed by atoms with Crippen molar-refractivity contribution in [3.05, 3.63) is 33.9 Å². The molecule has 0 spiro atoms. The molecule has 8 nitrogen and oxygen atoms in total. The highest BCUT2D eigenvalue weighted by atomic mass is 16.6. The smallest absolute Gasteiger partial charge is 0.329 e. The number of carbonyl (C=O) groups excluding carboxylic acids is 1. The van der Waals surface area contributed by atoms with E-state index in [0.29, 0.717) is 12.8 Å². The van der Waals surface area contributed by atoms with Crippen LogP contribution in [0.2, 0.25) is 0 Å². The van der Waals surface area contributed by atoms with Crippen LogP contribution in [0, 0.1) is 10.1 Å². The van der Waals surface area contributed by atoms with Crippen LogP contribution in [0.3, 0.4) is 0 Å². The highest BCUT2D eigenvalue weighted by molar-refractivity contribution is 5.96. The third kappa shape index (κ3) is 2.78. The molecule has 21 heavy (non-hydrogen) atoms. The molecule has 0 unspecified atom stereocenters. The van der Waals surface area contributed by atoms with Crippen molar-refractivity contribution in [2.75, 3.05) is 19.4 Å². The Hall–Kier alpha value is -2.64. The topological polar surface area (TPSA) is 113 Å². The second kappa shape index (κ2) is 5.04. The Bertz CT molecular complexity index is 622. The number of amides is 1. The van der Waals surface area contributed by atoms with E-state index in [1.807, 2.05) is 0 Å². The van der Waals surface area contributed by atoms with E-state index in [2.05, 4.69) is 5.32 Å². The van der Waals surface area contributed by atoms with Crippen molar-refractivity contribution < 1.29 is 19.6 Å². The van der Waals surface area contributed by atoms with Crippen LogP contribution in [0.25, 0.3) is 0 Å². The molecule has 2 N–H and O–H groups in total. The highest BCUT2D eigenvalue weighted by Gasteiger charge is 2.51. The van der Waals surface area contributed by atoms with Crippen LogP contribution in [0.15, 0.2) is 18.2 Å². The molecule has 0 radical (unpaired) electrons. The van der Waals surface area contributed by atoms with Crippen molar-refractivity contribution in [3.63, 3.8) is 0 Å². The van der Waals surface area contributed by atoms with E-state index >= 15 is 0 Å². The van der Waals surface area contributed by atoms with Crippen molar-refractivity contribution in [3.8, 4) is 0 Å². The van der Waals surface area contributed by atoms with Crippen LogP contribution in [-0.4, -0.2) is 46.4 Å². The molecule has 0 saturated heterocycles. The monoisotopic (exact) mass is 293 g/mol. The maximum absolute atomic E-state index is 11.8. The first kappa shape index (κ1) is 14.8. The maximum Gasteiger partial charge on any atom is 0.329 e. The van der Waals surface area contributed by atoms with Gasteiger partial charge in [-0.1, -0.05) is 0 Å². The molecule has 1 fully saturated rings. The van der Waals surface area contributed by atoms with E-state index < -0.39 is 16.4 Å². The van der Waals surface area contributed by atoms with Gasteiger partial charge in [-0.25, -0.2) is 4.79 Å². The molecule has 1 aliphatic carbocycles. The fourth-order valence-electron chi connectivity index (χ4n) is 1.95. The van der Waals surface area contributed by atoms with Gasteiger partial charge in [-0.15, -0.1) is 0 Å². The lowest BCUT2D eigenvalue weighted by atomic mass is 10.1. The Labute approximate surface area is 120 Å². The fourth-order valence-corrected chi connectivity index (χ4v) is 1.95. The first-order valence-corrected chi connectivity index (χ1v) is 6.28. The minimum Gasteiger partial charge on any atom is -0.480 e. The van der Waals surface area contributed by atoms with Crippen LogP contribution < -0.4 is 5.32 Å². The number of nitro groups is 1. The Balaban J connectivity index is 2.37. The number of carbonyl (C=O) groups is 2. The van der Waals surface area contributed by atoms with Gasteiger partial charge >= 0.3 is 5.97 Å². The zero-order valence-corrected chi connectivity index (χ0v) is 11.6. The lowest BCUT2D eigenvalue weighted by molar-refractivity contribution is -0.384. The SMILES string of the molecule is CN(C)C(=O)c1ccc(NC2(C(=O)O)CC2)c([N+](=O)[O-])c1. The molecule has 2 rings (SSSR count). The van der Waals surface area contributed by atoms with E-state index in [1.165, 1.54) is 17.0 Å². The van der Waals surface area contributed by atoms with E-state index in [-0.39, 0.29) is 22.8 Å². The standard InChI is InChI=1S/C13H15N3O5/c1-15(2)11(17)8-3-4-9(10(7-8)16(20)21)14-13(5-6-13)12(18)19/h3-4,7,14H,5-6H2,1-2H3,(H,18,19). The Kier molecular flexibility index (Phi) is 3.54. The first-order chi connectivity index (χ1) is 9.77. The summed E-state index contributed by atoms with van der Waals surface area (Å²) in [7, 11) is 3.09. The van der Waals surface area contributed by atoms with Crippen molar-refractivity contribution in [1.82, 2.24) is 4.90 Å². The number of nitro benzene ring substituents is 1. The van der Waals surface area contributed by atoms with Crippen molar-refractivity contribution in [2.45, 2.75) is 18.4 Å².